The third kappa shape index (κ3) is 5.79. The Morgan fingerprint density at radius 2 is 1.79 bits per heavy atom. The Bertz CT molecular complexity index is 1030. The summed E-state index contributed by atoms with van der Waals surface area (Å²) in [6.45, 7) is 1.19. The van der Waals surface area contributed by atoms with Crippen LogP contribution in [0.4, 0.5) is 0 Å². The molecule has 33 heavy (non-hydrogen) atoms. The molecule has 12 heteroatoms. The minimum atomic E-state index is -4.20. The molecule has 2 atom stereocenters. The first-order valence-corrected chi connectivity index (χ1v) is 13.0. The Balaban J connectivity index is 1.91. The highest BCUT2D eigenvalue weighted by atomic mass is 35.5. The average molecular weight is 520 g/mol. The van der Waals surface area contributed by atoms with E-state index in [1.807, 2.05) is 0 Å². The number of carboxylic acid groups (broad SMARTS) is 1. The van der Waals surface area contributed by atoms with Gasteiger partial charge in [-0.05, 0) is 37.0 Å². The Kier molecular flexibility index (Phi) is 8.26. The molecule has 3 rings (SSSR count). The van der Waals surface area contributed by atoms with E-state index in [-0.39, 0.29) is 40.4 Å². The van der Waals surface area contributed by atoms with Crippen molar-refractivity contribution in [3.05, 3.63) is 28.2 Å². The maximum Gasteiger partial charge on any atom is 0.305 e. The van der Waals surface area contributed by atoms with E-state index in [1.54, 1.807) is 0 Å². The van der Waals surface area contributed by atoms with Crippen LogP contribution >= 0.6 is 23.2 Å². The van der Waals surface area contributed by atoms with Crippen molar-refractivity contribution in [1.29, 1.82) is 0 Å². The van der Waals surface area contributed by atoms with Crippen molar-refractivity contribution in [2.45, 2.75) is 62.6 Å². The highest BCUT2D eigenvalue weighted by molar-refractivity contribution is 7.89. The lowest BCUT2D eigenvalue weighted by molar-refractivity contribution is -0.141. The molecular weight excluding hydrogens is 493 g/mol. The second-order valence-electron chi connectivity index (χ2n) is 8.39. The molecule has 0 spiro atoms. The molecule has 1 aliphatic carbocycles. The molecule has 0 bridgehead atoms. The van der Waals surface area contributed by atoms with Gasteiger partial charge in [0.25, 0.3) is 5.91 Å². The van der Waals surface area contributed by atoms with E-state index in [4.69, 9.17) is 23.2 Å². The number of nitrogens with zero attached hydrogens (tertiary/aromatic N) is 2. The Morgan fingerprint density at radius 1 is 1.12 bits per heavy atom. The lowest BCUT2D eigenvalue weighted by atomic mass is 9.82. The number of carboxylic acids is 1. The van der Waals surface area contributed by atoms with E-state index in [9.17, 15) is 27.9 Å². The van der Waals surface area contributed by atoms with Gasteiger partial charge in [-0.1, -0.05) is 42.5 Å². The lowest BCUT2D eigenvalue weighted by Gasteiger charge is -2.33. The SMILES string of the molecule is CC(=O)N1CCN(S(=O)(=O)c2ccc(Cl)c(Cl)c2)C1C(=O)NC(CC(=O)O)C1CCCCC1. The summed E-state index contributed by atoms with van der Waals surface area (Å²) in [5.74, 6) is -2.26. The number of hydrogen-bond donors (Lipinski definition) is 2. The average Bonchev–Trinajstić information content (AvgIpc) is 3.22. The van der Waals surface area contributed by atoms with Crippen LogP contribution in [0.1, 0.15) is 45.4 Å². The largest absolute Gasteiger partial charge is 0.481 e. The van der Waals surface area contributed by atoms with E-state index in [0.29, 0.717) is 0 Å². The van der Waals surface area contributed by atoms with Crippen LogP contribution in [0, 0.1) is 5.92 Å². The van der Waals surface area contributed by atoms with Crippen LogP contribution in [0.2, 0.25) is 10.0 Å². The van der Waals surface area contributed by atoms with Gasteiger partial charge in [0.2, 0.25) is 15.9 Å². The molecule has 1 saturated heterocycles. The summed E-state index contributed by atoms with van der Waals surface area (Å²) in [6.07, 6.45) is 2.80. The molecule has 0 radical (unpaired) electrons. The minimum absolute atomic E-state index is 0.0221. The summed E-state index contributed by atoms with van der Waals surface area (Å²) < 4.78 is 27.7. The van der Waals surface area contributed by atoms with Gasteiger partial charge in [0, 0.05) is 26.1 Å². The number of rotatable bonds is 7. The zero-order valence-corrected chi connectivity index (χ0v) is 20.5. The van der Waals surface area contributed by atoms with Crippen molar-refractivity contribution in [3.63, 3.8) is 0 Å². The van der Waals surface area contributed by atoms with Crippen molar-refractivity contribution in [2.75, 3.05) is 13.1 Å². The van der Waals surface area contributed by atoms with Gasteiger partial charge in [0.05, 0.1) is 21.4 Å². The standard InChI is InChI=1S/C21H27Cl2N3O6S/c1-13(27)25-9-10-26(33(31,32)15-7-8-16(22)17(23)11-15)21(25)20(30)24-18(12-19(28)29)14-5-3-2-4-6-14/h7-8,11,14,18,21H,2-6,9-10,12H2,1H3,(H,24,30)(H,28,29). The maximum absolute atomic E-state index is 13.4. The Hall–Kier alpha value is -1.88. The first kappa shape index (κ1) is 25.7. The molecule has 1 saturated carbocycles. The predicted octanol–water partition coefficient (Wildman–Crippen LogP) is 2.71. The second kappa shape index (κ2) is 10.6. The van der Waals surface area contributed by atoms with Crippen LogP contribution in [-0.4, -0.2) is 65.8 Å². The van der Waals surface area contributed by atoms with Gasteiger partial charge in [-0.3, -0.25) is 14.4 Å². The number of halogens is 2. The Morgan fingerprint density at radius 3 is 2.36 bits per heavy atom. The van der Waals surface area contributed by atoms with E-state index in [1.165, 1.54) is 30.0 Å². The number of sulfonamides is 1. The third-order valence-corrected chi connectivity index (χ3v) is 8.80. The summed E-state index contributed by atoms with van der Waals surface area (Å²) in [7, 11) is -4.20. The molecule has 9 nitrogen and oxygen atoms in total. The quantitative estimate of drug-likeness (QED) is 0.570. The number of nitrogens with one attached hydrogen (secondary N) is 1. The van der Waals surface area contributed by atoms with E-state index < -0.39 is 40.0 Å². The molecule has 1 aliphatic heterocycles. The first-order valence-electron chi connectivity index (χ1n) is 10.8. The van der Waals surface area contributed by atoms with Gasteiger partial charge in [0.1, 0.15) is 0 Å². The molecule has 1 aromatic carbocycles. The fourth-order valence-electron chi connectivity index (χ4n) is 4.55. The summed E-state index contributed by atoms with van der Waals surface area (Å²) in [6, 6.07) is 3.17. The molecule has 182 valence electrons. The van der Waals surface area contributed by atoms with E-state index in [2.05, 4.69) is 5.32 Å². The summed E-state index contributed by atoms with van der Waals surface area (Å²) in [4.78, 5) is 38.0. The highest BCUT2D eigenvalue weighted by Gasteiger charge is 2.46. The number of carbonyl (C=O) groups is 3. The monoisotopic (exact) mass is 519 g/mol. The molecule has 2 aliphatic rings. The van der Waals surface area contributed by atoms with Gasteiger partial charge in [0.15, 0.2) is 6.17 Å². The number of aliphatic carboxylic acids is 1. The lowest BCUT2D eigenvalue weighted by Crippen LogP contribution is -2.56. The van der Waals surface area contributed by atoms with Gasteiger partial charge >= 0.3 is 5.97 Å². The first-order chi connectivity index (χ1) is 15.5. The second-order valence-corrected chi connectivity index (χ2v) is 11.1. The van der Waals surface area contributed by atoms with Gasteiger partial charge in [-0.25, -0.2) is 8.42 Å². The molecule has 2 unspecified atom stereocenters. The number of benzene rings is 1. The molecule has 0 aromatic heterocycles. The number of carbonyl (C=O) groups excluding carboxylic acids is 2. The van der Waals surface area contributed by atoms with E-state index in [0.717, 1.165) is 36.4 Å². The van der Waals surface area contributed by atoms with Crippen molar-refractivity contribution in [1.82, 2.24) is 14.5 Å². The molecule has 2 amide bonds. The predicted molar refractivity (Wildman–Crippen MR) is 122 cm³/mol. The zero-order chi connectivity index (χ0) is 24.3. The summed E-state index contributed by atoms with van der Waals surface area (Å²) in [5.41, 5.74) is 0. The smallest absolute Gasteiger partial charge is 0.305 e. The zero-order valence-electron chi connectivity index (χ0n) is 18.2. The fraction of sp³-hybridized carbons (Fsp3) is 0.571. The van der Waals surface area contributed by atoms with Gasteiger partial charge in [-0.2, -0.15) is 4.31 Å². The minimum Gasteiger partial charge on any atom is -0.481 e. The van der Waals surface area contributed by atoms with Crippen molar-refractivity contribution >= 4 is 51.0 Å². The molecule has 2 fully saturated rings. The van der Waals surface area contributed by atoms with Crippen LogP contribution in [0.3, 0.4) is 0 Å². The number of hydrogen-bond acceptors (Lipinski definition) is 5. The Labute approximate surface area is 203 Å². The summed E-state index contributed by atoms with van der Waals surface area (Å²) in [5, 5.41) is 12.3. The van der Waals surface area contributed by atoms with Crippen molar-refractivity contribution in [2.24, 2.45) is 5.92 Å². The van der Waals surface area contributed by atoms with Gasteiger partial charge < -0.3 is 15.3 Å². The molecule has 1 aromatic rings. The number of amides is 2. The van der Waals surface area contributed by atoms with Crippen LogP contribution in [0.25, 0.3) is 0 Å². The molecular formula is C21H27Cl2N3O6S. The van der Waals surface area contributed by atoms with Crippen molar-refractivity contribution in [3.8, 4) is 0 Å². The van der Waals surface area contributed by atoms with Gasteiger partial charge in [-0.15, -0.1) is 0 Å². The highest BCUT2D eigenvalue weighted by Crippen LogP contribution is 2.31. The normalized spacial score (nSPS) is 21.1. The van der Waals surface area contributed by atoms with Crippen LogP contribution in [-0.2, 0) is 24.4 Å². The van der Waals surface area contributed by atoms with E-state index >= 15 is 0 Å². The fourth-order valence-corrected chi connectivity index (χ4v) is 6.48. The summed E-state index contributed by atoms with van der Waals surface area (Å²) >= 11 is 11.9. The van der Waals surface area contributed by atoms with Crippen LogP contribution in [0.5, 0.6) is 0 Å². The van der Waals surface area contributed by atoms with Crippen molar-refractivity contribution < 1.29 is 27.9 Å². The van der Waals surface area contributed by atoms with Crippen LogP contribution < -0.4 is 5.32 Å². The molecule has 1 heterocycles. The maximum atomic E-state index is 13.4. The third-order valence-electron chi connectivity index (χ3n) is 6.21. The topological polar surface area (TPSA) is 124 Å². The van der Waals surface area contributed by atoms with Crippen LogP contribution in [0.15, 0.2) is 23.1 Å². The molecule has 2 N–H and O–H groups in total.